The van der Waals surface area contributed by atoms with Crippen LogP contribution in [0.2, 0.25) is 0 Å². The number of aromatic hydroxyl groups is 1. The Bertz CT molecular complexity index is 354. The summed E-state index contributed by atoms with van der Waals surface area (Å²) in [5, 5.41) is 9.63. The summed E-state index contributed by atoms with van der Waals surface area (Å²) < 4.78 is 13.2. The third-order valence-corrected chi connectivity index (χ3v) is 3.18. The summed E-state index contributed by atoms with van der Waals surface area (Å²) in [5.41, 5.74) is 0.662. The van der Waals surface area contributed by atoms with Crippen LogP contribution in [-0.4, -0.2) is 23.1 Å². The molecule has 1 N–H and O–H groups in total. The van der Waals surface area contributed by atoms with Crippen molar-refractivity contribution in [1.82, 2.24) is 4.90 Å². The molecule has 0 aliphatic heterocycles. The zero-order chi connectivity index (χ0) is 12.8. The van der Waals surface area contributed by atoms with Gasteiger partial charge in [0.15, 0.2) is 11.6 Å². The highest BCUT2D eigenvalue weighted by atomic mass is 19.1. The summed E-state index contributed by atoms with van der Waals surface area (Å²) in [4.78, 5) is 2.22. The van der Waals surface area contributed by atoms with Gasteiger partial charge < -0.3 is 5.11 Å². The number of hydrogen-bond acceptors (Lipinski definition) is 2. The molecule has 0 radical (unpaired) electrons. The predicted molar refractivity (Wildman–Crippen MR) is 68.5 cm³/mol. The molecule has 0 spiro atoms. The minimum Gasteiger partial charge on any atom is -0.505 e. The number of para-hydroxylation sites is 1. The third kappa shape index (κ3) is 4.00. The molecular weight excluding hydrogens is 217 g/mol. The summed E-state index contributed by atoms with van der Waals surface area (Å²) in [7, 11) is 0. The van der Waals surface area contributed by atoms with Crippen molar-refractivity contribution in [3.05, 3.63) is 29.6 Å². The maximum Gasteiger partial charge on any atom is 0.165 e. The average molecular weight is 239 g/mol. The Morgan fingerprint density at radius 2 is 2.06 bits per heavy atom. The monoisotopic (exact) mass is 239 g/mol. The lowest BCUT2D eigenvalue weighted by Crippen LogP contribution is -2.27. The van der Waals surface area contributed by atoms with E-state index < -0.39 is 5.82 Å². The van der Waals surface area contributed by atoms with Gasteiger partial charge in [0.05, 0.1) is 0 Å². The first-order chi connectivity index (χ1) is 8.08. The summed E-state index contributed by atoms with van der Waals surface area (Å²) >= 11 is 0. The van der Waals surface area contributed by atoms with Gasteiger partial charge in [0.2, 0.25) is 0 Å². The molecule has 1 rings (SSSR count). The molecule has 96 valence electrons. The van der Waals surface area contributed by atoms with Crippen LogP contribution in [-0.2, 0) is 6.54 Å². The second-order valence-corrected chi connectivity index (χ2v) is 4.59. The number of benzene rings is 1. The molecule has 0 heterocycles. The number of phenolic OH excluding ortho intramolecular Hbond substituents is 1. The van der Waals surface area contributed by atoms with Crippen molar-refractivity contribution in [3.8, 4) is 5.75 Å². The molecule has 0 aliphatic carbocycles. The largest absolute Gasteiger partial charge is 0.505 e. The minimum atomic E-state index is -0.540. The molecule has 2 nitrogen and oxygen atoms in total. The number of hydrogen-bond donors (Lipinski definition) is 1. The highest BCUT2D eigenvalue weighted by Gasteiger charge is 2.12. The van der Waals surface area contributed by atoms with Crippen LogP contribution in [0.5, 0.6) is 5.75 Å². The van der Waals surface area contributed by atoms with E-state index in [0.717, 1.165) is 19.5 Å². The predicted octanol–water partition coefficient (Wildman–Crippen LogP) is 3.40. The zero-order valence-corrected chi connectivity index (χ0v) is 10.9. The maximum atomic E-state index is 13.2. The van der Waals surface area contributed by atoms with Gasteiger partial charge in [-0.15, -0.1) is 0 Å². The van der Waals surface area contributed by atoms with E-state index in [-0.39, 0.29) is 5.75 Å². The Balaban J connectivity index is 2.70. The lowest BCUT2D eigenvalue weighted by atomic mass is 10.1. The summed E-state index contributed by atoms with van der Waals surface area (Å²) in [6, 6.07) is 4.70. The van der Waals surface area contributed by atoms with E-state index in [1.54, 1.807) is 12.1 Å². The molecule has 0 bridgehead atoms. The molecule has 0 fully saturated rings. The van der Waals surface area contributed by atoms with Gasteiger partial charge in [-0.2, -0.15) is 0 Å². The Labute approximate surface area is 103 Å². The number of rotatable bonds is 6. The van der Waals surface area contributed by atoms with E-state index in [9.17, 15) is 9.50 Å². The quantitative estimate of drug-likeness (QED) is 0.822. The van der Waals surface area contributed by atoms with Crippen molar-refractivity contribution in [2.45, 2.75) is 33.7 Å². The number of phenols is 1. The molecular formula is C14H22FNO. The molecule has 0 saturated heterocycles. The molecule has 1 atom stereocenters. The zero-order valence-electron chi connectivity index (χ0n) is 10.9. The Kier molecular flexibility index (Phi) is 5.42. The molecule has 3 heteroatoms. The van der Waals surface area contributed by atoms with Gasteiger partial charge in [-0.3, -0.25) is 4.90 Å². The van der Waals surface area contributed by atoms with Crippen LogP contribution >= 0.6 is 0 Å². The smallest absolute Gasteiger partial charge is 0.165 e. The molecule has 0 aliphatic rings. The summed E-state index contributed by atoms with van der Waals surface area (Å²) in [6.07, 6.45) is 1.13. The van der Waals surface area contributed by atoms with Crippen LogP contribution in [0.15, 0.2) is 18.2 Å². The molecule has 1 aromatic rings. The molecule has 17 heavy (non-hydrogen) atoms. The lowest BCUT2D eigenvalue weighted by Gasteiger charge is -2.24. The fourth-order valence-electron chi connectivity index (χ4n) is 1.80. The van der Waals surface area contributed by atoms with Crippen molar-refractivity contribution in [3.63, 3.8) is 0 Å². The highest BCUT2D eigenvalue weighted by Crippen LogP contribution is 2.22. The van der Waals surface area contributed by atoms with Gasteiger partial charge in [0.25, 0.3) is 0 Å². The molecule has 0 saturated carbocycles. The van der Waals surface area contributed by atoms with Gasteiger partial charge in [-0.1, -0.05) is 39.3 Å². The highest BCUT2D eigenvalue weighted by molar-refractivity contribution is 5.33. The van der Waals surface area contributed by atoms with Gasteiger partial charge in [-0.05, 0) is 18.5 Å². The number of nitrogens with zero attached hydrogens (tertiary/aromatic N) is 1. The summed E-state index contributed by atoms with van der Waals surface area (Å²) in [6.45, 7) is 8.93. The van der Waals surface area contributed by atoms with Gasteiger partial charge in [0.1, 0.15) is 0 Å². The lowest BCUT2D eigenvalue weighted by molar-refractivity contribution is 0.234. The number of halogens is 1. The van der Waals surface area contributed by atoms with Crippen molar-refractivity contribution in [2.75, 3.05) is 13.1 Å². The SMILES string of the molecule is CCC(C)CN(CC)Cc1cccc(F)c1O. The van der Waals surface area contributed by atoms with Crippen LogP contribution in [0.25, 0.3) is 0 Å². The van der Waals surface area contributed by atoms with Crippen LogP contribution in [0.4, 0.5) is 4.39 Å². The first-order valence-electron chi connectivity index (χ1n) is 6.27. The van der Waals surface area contributed by atoms with Crippen LogP contribution in [0, 0.1) is 11.7 Å². The Morgan fingerprint density at radius 3 is 2.65 bits per heavy atom. The van der Waals surface area contributed by atoms with Gasteiger partial charge in [0, 0.05) is 18.7 Å². The maximum absolute atomic E-state index is 13.2. The fourth-order valence-corrected chi connectivity index (χ4v) is 1.80. The minimum absolute atomic E-state index is 0.213. The second kappa shape index (κ2) is 6.60. The van der Waals surface area contributed by atoms with E-state index >= 15 is 0 Å². The van der Waals surface area contributed by atoms with E-state index in [1.165, 1.54) is 6.07 Å². The molecule has 0 amide bonds. The first kappa shape index (κ1) is 14.0. The molecule has 1 aromatic carbocycles. The van der Waals surface area contributed by atoms with E-state index in [4.69, 9.17) is 0 Å². The van der Waals surface area contributed by atoms with E-state index in [0.29, 0.717) is 18.0 Å². The van der Waals surface area contributed by atoms with Crippen LogP contribution < -0.4 is 0 Å². The Hall–Kier alpha value is -1.09. The van der Waals surface area contributed by atoms with E-state index in [1.807, 2.05) is 0 Å². The first-order valence-corrected chi connectivity index (χ1v) is 6.27. The average Bonchev–Trinajstić information content (AvgIpc) is 2.33. The molecule has 1 unspecified atom stereocenters. The standard InChI is InChI=1S/C14H22FNO/c1-4-11(3)9-16(5-2)10-12-7-6-8-13(15)14(12)17/h6-8,11,17H,4-5,9-10H2,1-3H3. The fraction of sp³-hybridized carbons (Fsp3) is 0.571. The topological polar surface area (TPSA) is 23.5 Å². The molecule has 0 aromatic heterocycles. The third-order valence-electron chi connectivity index (χ3n) is 3.18. The Morgan fingerprint density at radius 1 is 1.35 bits per heavy atom. The van der Waals surface area contributed by atoms with E-state index in [2.05, 4.69) is 25.7 Å². The van der Waals surface area contributed by atoms with Crippen LogP contribution in [0.3, 0.4) is 0 Å². The van der Waals surface area contributed by atoms with Crippen molar-refractivity contribution >= 4 is 0 Å². The second-order valence-electron chi connectivity index (χ2n) is 4.59. The van der Waals surface area contributed by atoms with Crippen molar-refractivity contribution in [2.24, 2.45) is 5.92 Å². The van der Waals surface area contributed by atoms with Gasteiger partial charge in [-0.25, -0.2) is 4.39 Å². The van der Waals surface area contributed by atoms with Crippen molar-refractivity contribution in [1.29, 1.82) is 0 Å². The van der Waals surface area contributed by atoms with Crippen molar-refractivity contribution < 1.29 is 9.50 Å². The van der Waals surface area contributed by atoms with Crippen LogP contribution in [0.1, 0.15) is 32.8 Å². The summed E-state index contributed by atoms with van der Waals surface area (Å²) in [5.74, 6) is -0.136. The normalized spacial score (nSPS) is 13.0. The van der Waals surface area contributed by atoms with Gasteiger partial charge >= 0.3 is 0 Å².